The number of allylic oxidation sites excluding steroid dienone is 1. The van der Waals surface area contributed by atoms with Crippen molar-refractivity contribution >= 4 is 23.5 Å². The maximum Gasteiger partial charge on any atom is 0.0349 e. The average Bonchev–Trinajstić information content (AvgIpc) is 2.33. The first-order chi connectivity index (χ1) is 4.47. The lowest BCUT2D eigenvalue weighted by Crippen LogP contribution is -2.19. The topological polar surface area (TPSA) is 0 Å². The summed E-state index contributed by atoms with van der Waals surface area (Å²) in [5, 5.41) is 1.80. The molecule has 1 fully saturated rings. The first-order valence-corrected chi connectivity index (χ1v) is 5.46. The Morgan fingerprint density at radius 1 is 1.22 bits per heavy atom. The van der Waals surface area contributed by atoms with E-state index in [2.05, 4.69) is 35.7 Å². The Kier molecular flexibility index (Phi) is 1.77. The predicted molar refractivity (Wildman–Crippen MR) is 46.2 cm³/mol. The lowest BCUT2D eigenvalue weighted by molar-refractivity contribution is 0.958. The van der Waals surface area contributed by atoms with Gasteiger partial charge in [0.15, 0.2) is 0 Å². The predicted octanol–water partition coefficient (Wildman–Crippen LogP) is 2.16. The van der Waals surface area contributed by atoms with Gasteiger partial charge < -0.3 is 0 Å². The minimum atomic E-state index is 0.865. The van der Waals surface area contributed by atoms with Crippen LogP contribution in [0.4, 0.5) is 0 Å². The SMILES string of the molecule is C1=C[C@H]2SCCS[C@@H]2C1. The van der Waals surface area contributed by atoms with Gasteiger partial charge in [-0.05, 0) is 6.42 Å². The first kappa shape index (κ1) is 6.17. The molecule has 0 aromatic rings. The van der Waals surface area contributed by atoms with E-state index in [1.165, 1.54) is 17.9 Å². The van der Waals surface area contributed by atoms with Gasteiger partial charge >= 0.3 is 0 Å². The van der Waals surface area contributed by atoms with Crippen LogP contribution in [0.1, 0.15) is 6.42 Å². The van der Waals surface area contributed by atoms with Crippen LogP contribution in [-0.2, 0) is 0 Å². The lowest BCUT2D eigenvalue weighted by atomic mass is 10.3. The molecule has 1 heterocycles. The van der Waals surface area contributed by atoms with Crippen molar-refractivity contribution in [3.05, 3.63) is 12.2 Å². The Hall–Kier alpha value is 0.440. The molecular weight excluding hydrogens is 148 g/mol. The maximum atomic E-state index is 2.38. The zero-order chi connectivity index (χ0) is 6.10. The molecule has 0 bridgehead atoms. The molecular formula is C7H10S2. The third-order valence-electron chi connectivity index (χ3n) is 1.79. The summed E-state index contributed by atoms with van der Waals surface area (Å²) in [6.07, 6.45) is 6.03. The number of rotatable bonds is 0. The summed E-state index contributed by atoms with van der Waals surface area (Å²) in [4.78, 5) is 0. The van der Waals surface area contributed by atoms with E-state index in [4.69, 9.17) is 0 Å². The second kappa shape index (κ2) is 2.59. The molecule has 2 heteroatoms. The molecule has 9 heavy (non-hydrogen) atoms. The van der Waals surface area contributed by atoms with Crippen LogP contribution in [0.3, 0.4) is 0 Å². The molecule has 1 aliphatic heterocycles. The van der Waals surface area contributed by atoms with E-state index < -0.39 is 0 Å². The van der Waals surface area contributed by atoms with Crippen molar-refractivity contribution in [2.45, 2.75) is 16.9 Å². The lowest BCUT2D eigenvalue weighted by Gasteiger charge is -2.23. The molecule has 0 radical (unpaired) electrons. The van der Waals surface area contributed by atoms with Crippen LogP contribution in [0.2, 0.25) is 0 Å². The van der Waals surface area contributed by atoms with Crippen molar-refractivity contribution in [1.82, 2.24) is 0 Å². The zero-order valence-corrected chi connectivity index (χ0v) is 6.88. The van der Waals surface area contributed by atoms with Crippen LogP contribution in [0.5, 0.6) is 0 Å². The molecule has 0 unspecified atom stereocenters. The van der Waals surface area contributed by atoms with E-state index in [0.717, 1.165) is 10.5 Å². The quantitative estimate of drug-likeness (QED) is 0.495. The highest BCUT2D eigenvalue weighted by molar-refractivity contribution is 8.07. The van der Waals surface area contributed by atoms with Crippen molar-refractivity contribution < 1.29 is 0 Å². The Balaban J connectivity index is 2.03. The molecule has 2 aliphatic rings. The zero-order valence-electron chi connectivity index (χ0n) is 5.25. The Labute approximate surface area is 64.5 Å². The van der Waals surface area contributed by atoms with E-state index >= 15 is 0 Å². The van der Waals surface area contributed by atoms with Gasteiger partial charge in [-0.2, -0.15) is 23.5 Å². The van der Waals surface area contributed by atoms with E-state index in [1.54, 1.807) is 0 Å². The van der Waals surface area contributed by atoms with Crippen LogP contribution < -0.4 is 0 Å². The first-order valence-electron chi connectivity index (χ1n) is 3.37. The fourth-order valence-electron chi connectivity index (χ4n) is 1.31. The van der Waals surface area contributed by atoms with E-state index in [1.807, 2.05) is 0 Å². The minimum absolute atomic E-state index is 0.865. The molecule has 1 saturated heterocycles. The molecule has 0 aromatic carbocycles. The van der Waals surface area contributed by atoms with Gasteiger partial charge in [0.05, 0.1) is 0 Å². The summed E-state index contributed by atoms with van der Waals surface area (Å²) in [5.41, 5.74) is 0. The van der Waals surface area contributed by atoms with Crippen molar-refractivity contribution in [2.75, 3.05) is 11.5 Å². The van der Waals surface area contributed by atoms with Crippen LogP contribution in [0.25, 0.3) is 0 Å². The number of hydrogen-bond acceptors (Lipinski definition) is 2. The molecule has 2 rings (SSSR count). The second-order valence-corrected chi connectivity index (χ2v) is 5.04. The van der Waals surface area contributed by atoms with Gasteiger partial charge in [-0.3, -0.25) is 0 Å². The molecule has 1 aliphatic carbocycles. The Bertz CT molecular complexity index is 131. The molecule has 2 atom stereocenters. The Morgan fingerprint density at radius 2 is 2.11 bits per heavy atom. The average molecular weight is 158 g/mol. The normalized spacial score (nSPS) is 40.9. The summed E-state index contributed by atoms with van der Waals surface area (Å²) in [6.45, 7) is 0. The molecule has 0 spiro atoms. The molecule has 0 aromatic heterocycles. The molecule has 0 amide bonds. The third kappa shape index (κ3) is 1.15. The van der Waals surface area contributed by atoms with Crippen LogP contribution in [0, 0.1) is 0 Å². The second-order valence-electron chi connectivity index (χ2n) is 2.41. The standard InChI is InChI=1S/C7H10S2/c1-2-6-7(3-1)9-5-4-8-6/h1-2,6-7H,3-5H2/t6-,7-/m1/s1. The van der Waals surface area contributed by atoms with E-state index in [9.17, 15) is 0 Å². The van der Waals surface area contributed by atoms with Crippen molar-refractivity contribution in [3.63, 3.8) is 0 Å². The summed E-state index contributed by atoms with van der Waals surface area (Å²) in [5.74, 6) is 2.73. The Morgan fingerprint density at radius 3 is 3.00 bits per heavy atom. The van der Waals surface area contributed by atoms with E-state index in [0.29, 0.717) is 0 Å². The smallest absolute Gasteiger partial charge is 0.0349 e. The fourth-order valence-corrected chi connectivity index (χ4v) is 4.21. The van der Waals surface area contributed by atoms with Crippen molar-refractivity contribution in [2.24, 2.45) is 0 Å². The molecule has 0 nitrogen and oxygen atoms in total. The van der Waals surface area contributed by atoms with Gasteiger partial charge in [0.25, 0.3) is 0 Å². The summed E-state index contributed by atoms with van der Waals surface area (Å²) in [6, 6.07) is 0. The monoisotopic (exact) mass is 158 g/mol. The summed E-state index contributed by atoms with van der Waals surface area (Å²) in [7, 11) is 0. The van der Waals surface area contributed by atoms with Crippen LogP contribution in [-0.4, -0.2) is 22.0 Å². The number of fused-ring (bicyclic) bond motifs is 1. The fraction of sp³-hybridized carbons (Fsp3) is 0.714. The van der Waals surface area contributed by atoms with Crippen molar-refractivity contribution in [3.8, 4) is 0 Å². The molecule has 50 valence electrons. The van der Waals surface area contributed by atoms with Gasteiger partial charge in [-0.15, -0.1) is 0 Å². The van der Waals surface area contributed by atoms with Crippen LogP contribution >= 0.6 is 23.5 Å². The van der Waals surface area contributed by atoms with Crippen LogP contribution in [0.15, 0.2) is 12.2 Å². The molecule has 0 saturated carbocycles. The maximum absolute atomic E-state index is 2.38. The molecule has 0 N–H and O–H groups in total. The highest BCUT2D eigenvalue weighted by atomic mass is 32.2. The van der Waals surface area contributed by atoms with Gasteiger partial charge in [-0.25, -0.2) is 0 Å². The van der Waals surface area contributed by atoms with Gasteiger partial charge in [-0.1, -0.05) is 12.2 Å². The van der Waals surface area contributed by atoms with Gasteiger partial charge in [0.1, 0.15) is 0 Å². The van der Waals surface area contributed by atoms with Gasteiger partial charge in [0.2, 0.25) is 0 Å². The highest BCUT2D eigenvalue weighted by Crippen LogP contribution is 2.37. The van der Waals surface area contributed by atoms with E-state index in [-0.39, 0.29) is 0 Å². The summed E-state index contributed by atoms with van der Waals surface area (Å²) < 4.78 is 0. The van der Waals surface area contributed by atoms with Gasteiger partial charge in [0, 0.05) is 22.0 Å². The summed E-state index contributed by atoms with van der Waals surface area (Å²) >= 11 is 4.28. The number of thioether (sulfide) groups is 2. The van der Waals surface area contributed by atoms with Crippen molar-refractivity contribution in [1.29, 1.82) is 0 Å². The highest BCUT2D eigenvalue weighted by Gasteiger charge is 2.26. The minimum Gasteiger partial charge on any atom is -0.156 e. The number of hydrogen-bond donors (Lipinski definition) is 0. The third-order valence-corrected chi connectivity index (χ3v) is 4.88. The largest absolute Gasteiger partial charge is 0.156 e.